The van der Waals surface area contributed by atoms with Crippen LogP contribution in [-0.4, -0.2) is 68.5 Å². The summed E-state index contributed by atoms with van der Waals surface area (Å²) >= 11 is 1.21. The fourth-order valence-corrected chi connectivity index (χ4v) is 7.11. The predicted molar refractivity (Wildman–Crippen MR) is 165 cm³/mol. The zero-order chi connectivity index (χ0) is 32.7. The van der Waals surface area contributed by atoms with Crippen molar-refractivity contribution in [3.8, 4) is 5.75 Å². The standard InChI is InChI=1S/C32H41N5O6S/c1-20(38)35-32(28(41)43-9)18-31(27(40)30(5,6)7,19-36-15-10-13-34-36)37(24(32)25-33-14-16-44-25)26(39)21-11-12-22(29(2,3)4)23(17-21)42-8/h10-17,24H,18-19H2,1-9H3,(H,35,38). The van der Waals surface area contributed by atoms with Crippen molar-refractivity contribution in [2.45, 2.75) is 84.0 Å². The smallest absolute Gasteiger partial charge is 0.334 e. The third-order valence-electron chi connectivity index (χ3n) is 7.95. The molecule has 3 unspecified atom stereocenters. The average molecular weight is 624 g/mol. The highest BCUT2D eigenvalue weighted by Crippen LogP contribution is 2.54. The fraction of sp³-hybridized carbons (Fsp3) is 0.500. The molecule has 0 spiro atoms. The van der Waals surface area contributed by atoms with Crippen LogP contribution in [0, 0.1) is 5.41 Å². The molecule has 2 amide bonds. The van der Waals surface area contributed by atoms with Gasteiger partial charge in [-0.25, -0.2) is 9.78 Å². The van der Waals surface area contributed by atoms with E-state index in [1.807, 2.05) is 26.8 Å². The quantitative estimate of drug-likeness (QED) is 0.367. The molecule has 1 fully saturated rings. The lowest BCUT2D eigenvalue weighted by molar-refractivity contribution is -0.152. The predicted octanol–water partition coefficient (Wildman–Crippen LogP) is 4.34. The SMILES string of the molecule is COC(=O)C1(NC(C)=O)CC(Cn2cccn2)(C(=O)C(C)(C)C)N(C(=O)c2ccc(C(C)(C)C)c(OC)c2)C1c1nccs1. The lowest BCUT2D eigenvalue weighted by Crippen LogP contribution is -2.59. The van der Waals surface area contributed by atoms with Crippen LogP contribution in [0.4, 0.5) is 0 Å². The van der Waals surface area contributed by atoms with Crippen molar-refractivity contribution >= 4 is 34.9 Å². The minimum atomic E-state index is -1.85. The Labute approximate surface area is 261 Å². The molecular formula is C32H41N5O6S. The van der Waals surface area contributed by atoms with Gasteiger partial charge in [-0.1, -0.05) is 47.6 Å². The van der Waals surface area contributed by atoms with Gasteiger partial charge in [0.05, 0.1) is 20.8 Å². The van der Waals surface area contributed by atoms with Crippen molar-refractivity contribution < 1.29 is 28.7 Å². The number of thiazole rings is 1. The third-order valence-corrected chi connectivity index (χ3v) is 8.78. The Morgan fingerprint density at radius 2 is 1.80 bits per heavy atom. The summed E-state index contributed by atoms with van der Waals surface area (Å²) in [5.74, 6) is -1.67. The molecule has 1 saturated heterocycles. The van der Waals surface area contributed by atoms with E-state index in [1.165, 1.54) is 37.4 Å². The molecule has 11 nitrogen and oxygen atoms in total. The number of likely N-dealkylation sites (tertiary alicyclic amines) is 1. The Bertz CT molecular complexity index is 1540. The number of hydrogen-bond donors (Lipinski definition) is 1. The lowest BCUT2D eigenvalue weighted by atomic mass is 9.73. The molecule has 1 N–H and O–H groups in total. The van der Waals surface area contributed by atoms with Gasteiger partial charge in [-0.05, 0) is 29.2 Å². The lowest BCUT2D eigenvalue weighted by Gasteiger charge is -2.42. The monoisotopic (exact) mass is 623 g/mol. The number of methoxy groups -OCH3 is 2. The van der Waals surface area contributed by atoms with Gasteiger partial charge in [-0.15, -0.1) is 11.3 Å². The van der Waals surface area contributed by atoms with Gasteiger partial charge in [-0.2, -0.15) is 5.10 Å². The van der Waals surface area contributed by atoms with E-state index in [4.69, 9.17) is 9.47 Å². The van der Waals surface area contributed by atoms with E-state index in [0.29, 0.717) is 10.8 Å². The number of ketones is 1. The minimum absolute atomic E-state index is 0.0841. The highest BCUT2D eigenvalue weighted by molar-refractivity contribution is 7.09. The number of rotatable bonds is 8. The first-order chi connectivity index (χ1) is 20.5. The Kier molecular flexibility index (Phi) is 8.80. The summed E-state index contributed by atoms with van der Waals surface area (Å²) in [6.07, 6.45) is 4.55. The number of nitrogens with zero attached hydrogens (tertiary/aromatic N) is 4. The fourth-order valence-electron chi connectivity index (χ4n) is 6.29. The van der Waals surface area contributed by atoms with E-state index in [-0.39, 0.29) is 29.7 Å². The zero-order valence-electron chi connectivity index (χ0n) is 26.8. The summed E-state index contributed by atoms with van der Waals surface area (Å²) in [4.78, 5) is 62.6. The summed E-state index contributed by atoms with van der Waals surface area (Å²) in [7, 11) is 2.75. The normalized spacial score (nSPS) is 22.0. The highest BCUT2D eigenvalue weighted by atomic mass is 32.1. The number of ether oxygens (including phenoxy) is 2. The number of Topliss-reactive ketones (excluding diaryl/α,β-unsaturated/α-hetero) is 1. The molecule has 2 aromatic heterocycles. The largest absolute Gasteiger partial charge is 0.496 e. The number of nitrogens with one attached hydrogen (secondary N) is 1. The van der Waals surface area contributed by atoms with Crippen molar-refractivity contribution in [3.05, 3.63) is 64.4 Å². The van der Waals surface area contributed by atoms with Crippen LogP contribution in [0.1, 0.15) is 81.9 Å². The Balaban J connectivity index is 2.11. The number of hydrogen-bond acceptors (Lipinski definition) is 9. The van der Waals surface area contributed by atoms with Crippen LogP contribution in [0.3, 0.4) is 0 Å². The first kappa shape index (κ1) is 32.8. The van der Waals surface area contributed by atoms with E-state index in [2.05, 4.69) is 15.4 Å². The molecule has 0 bridgehead atoms. The van der Waals surface area contributed by atoms with Crippen LogP contribution >= 0.6 is 11.3 Å². The molecule has 0 saturated carbocycles. The van der Waals surface area contributed by atoms with Crippen molar-refractivity contribution in [2.75, 3.05) is 14.2 Å². The number of esters is 1. The second kappa shape index (κ2) is 11.8. The molecule has 1 aliphatic heterocycles. The van der Waals surface area contributed by atoms with Crippen molar-refractivity contribution in [1.82, 2.24) is 25.0 Å². The first-order valence-corrected chi connectivity index (χ1v) is 15.2. The van der Waals surface area contributed by atoms with E-state index < -0.39 is 40.3 Å². The average Bonchev–Trinajstić information content (AvgIpc) is 3.71. The van der Waals surface area contributed by atoms with Gasteiger partial charge in [0, 0.05) is 48.3 Å². The van der Waals surface area contributed by atoms with Crippen LogP contribution in [0.15, 0.2) is 48.2 Å². The van der Waals surface area contributed by atoms with Gasteiger partial charge in [0.15, 0.2) is 11.3 Å². The van der Waals surface area contributed by atoms with Crippen molar-refractivity contribution in [3.63, 3.8) is 0 Å². The second-order valence-electron chi connectivity index (χ2n) is 13.2. The molecule has 0 aliphatic carbocycles. The summed E-state index contributed by atoms with van der Waals surface area (Å²) in [5.41, 5.74) is -3.64. The Morgan fingerprint density at radius 1 is 1.09 bits per heavy atom. The van der Waals surface area contributed by atoms with Gasteiger partial charge in [-0.3, -0.25) is 19.1 Å². The molecular weight excluding hydrogens is 582 g/mol. The van der Waals surface area contributed by atoms with Crippen LogP contribution in [0.5, 0.6) is 5.75 Å². The van der Waals surface area contributed by atoms with Gasteiger partial charge >= 0.3 is 5.97 Å². The summed E-state index contributed by atoms with van der Waals surface area (Å²) in [6.45, 7) is 12.6. The number of amides is 2. The summed E-state index contributed by atoms with van der Waals surface area (Å²) in [6, 6.07) is 5.70. The molecule has 3 heterocycles. The molecule has 44 heavy (non-hydrogen) atoms. The maximum atomic E-state index is 15.0. The number of carbonyl (C=O) groups is 4. The maximum Gasteiger partial charge on any atom is 0.334 e. The summed E-state index contributed by atoms with van der Waals surface area (Å²) < 4.78 is 12.6. The number of carbonyl (C=O) groups excluding carboxylic acids is 4. The Morgan fingerprint density at radius 3 is 2.30 bits per heavy atom. The van der Waals surface area contributed by atoms with Gasteiger partial charge in [0.25, 0.3) is 5.91 Å². The van der Waals surface area contributed by atoms with Crippen molar-refractivity contribution in [1.29, 1.82) is 0 Å². The van der Waals surface area contributed by atoms with Gasteiger partial charge < -0.3 is 19.7 Å². The van der Waals surface area contributed by atoms with E-state index >= 15 is 4.79 Å². The summed E-state index contributed by atoms with van der Waals surface area (Å²) in [5, 5.41) is 9.28. The van der Waals surface area contributed by atoms with E-state index in [0.717, 1.165) is 5.56 Å². The van der Waals surface area contributed by atoms with E-state index in [1.54, 1.807) is 67.6 Å². The van der Waals surface area contributed by atoms with Gasteiger partial charge in [0.2, 0.25) is 5.91 Å². The maximum absolute atomic E-state index is 15.0. The van der Waals surface area contributed by atoms with Crippen LogP contribution in [0.25, 0.3) is 0 Å². The topological polar surface area (TPSA) is 133 Å². The van der Waals surface area contributed by atoms with Crippen LogP contribution in [0.2, 0.25) is 0 Å². The zero-order valence-corrected chi connectivity index (χ0v) is 27.6. The number of aromatic nitrogens is 3. The number of benzene rings is 1. The van der Waals surface area contributed by atoms with Crippen molar-refractivity contribution in [2.24, 2.45) is 5.41 Å². The molecule has 4 rings (SSSR count). The molecule has 12 heteroatoms. The van der Waals surface area contributed by atoms with E-state index in [9.17, 15) is 14.4 Å². The molecule has 1 aliphatic rings. The first-order valence-electron chi connectivity index (χ1n) is 14.3. The molecule has 3 aromatic rings. The molecule has 0 radical (unpaired) electrons. The van der Waals surface area contributed by atoms with Crippen LogP contribution in [-0.2, 0) is 31.1 Å². The Hall–Kier alpha value is -4.06. The highest BCUT2D eigenvalue weighted by Gasteiger charge is 2.70. The third kappa shape index (κ3) is 5.74. The van der Waals surface area contributed by atoms with Gasteiger partial charge in [0.1, 0.15) is 22.3 Å². The second-order valence-corrected chi connectivity index (χ2v) is 14.2. The molecule has 3 atom stereocenters. The minimum Gasteiger partial charge on any atom is -0.496 e. The molecule has 236 valence electrons. The van der Waals surface area contributed by atoms with Crippen LogP contribution < -0.4 is 10.1 Å². The molecule has 1 aromatic carbocycles.